The Labute approximate surface area is 204 Å². The van der Waals surface area contributed by atoms with Crippen molar-refractivity contribution in [2.24, 2.45) is 0 Å². The number of sulfonamides is 2. The van der Waals surface area contributed by atoms with E-state index in [1.807, 2.05) is 0 Å². The van der Waals surface area contributed by atoms with Crippen LogP contribution in [0.4, 0.5) is 11.4 Å². The fourth-order valence-corrected chi connectivity index (χ4v) is 6.63. The topological polar surface area (TPSA) is 113 Å². The average Bonchev–Trinajstić information content (AvgIpc) is 3.08. The van der Waals surface area contributed by atoms with Crippen molar-refractivity contribution in [1.29, 1.82) is 0 Å². The SMILES string of the molecule is CS(=O)(=O)N1C[C@@H](C(=O)Nc2ccc(S(=O)(=O)N3CCCCCC3)cc2)Oc2ccc(Cl)cc21. The second-order valence-electron chi connectivity index (χ2n) is 8.34. The number of anilines is 2. The Morgan fingerprint density at radius 1 is 1.00 bits per heavy atom. The molecule has 2 aliphatic heterocycles. The maximum Gasteiger partial charge on any atom is 0.267 e. The maximum atomic E-state index is 12.9. The van der Waals surface area contributed by atoms with Gasteiger partial charge in [-0.05, 0) is 55.3 Å². The van der Waals surface area contributed by atoms with Gasteiger partial charge in [0.2, 0.25) is 20.0 Å². The first-order valence-electron chi connectivity index (χ1n) is 10.9. The molecule has 0 spiro atoms. The third kappa shape index (κ3) is 5.32. The molecule has 1 fully saturated rings. The molecule has 2 aliphatic rings. The minimum Gasteiger partial charge on any atom is -0.476 e. The first kappa shape index (κ1) is 24.8. The molecule has 34 heavy (non-hydrogen) atoms. The zero-order valence-electron chi connectivity index (χ0n) is 18.6. The number of hydrogen-bond donors (Lipinski definition) is 1. The van der Waals surface area contributed by atoms with Crippen LogP contribution in [-0.4, -0.2) is 59.0 Å². The average molecular weight is 528 g/mol. The van der Waals surface area contributed by atoms with Crippen molar-refractivity contribution in [3.05, 3.63) is 47.5 Å². The molecule has 0 unspecified atom stereocenters. The number of rotatable bonds is 5. The van der Waals surface area contributed by atoms with Gasteiger partial charge in [-0.3, -0.25) is 9.10 Å². The van der Waals surface area contributed by atoms with Crippen LogP contribution in [0.3, 0.4) is 0 Å². The Morgan fingerprint density at radius 3 is 2.26 bits per heavy atom. The summed E-state index contributed by atoms with van der Waals surface area (Å²) in [4.78, 5) is 13.0. The molecule has 2 heterocycles. The fourth-order valence-electron chi connectivity index (χ4n) is 4.04. The van der Waals surface area contributed by atoms with Gasteiger partial charge in [0.1, 0.15) is 5.75 Å². The molecular weight excluding hydrogens is 502 g/mol. The molecule has 2 aromatic rings. The lowest BCUT2D eigenvalue weighted by Gasteiger charge is -2.34. The molecule has 9 nitrogen and oxygen atoms in total. The van der Waals surface area contributed by atoms with Gasteiger partial charge >= 0.3 is 0 Å². The van der Waals surface area contributed by atoms with Gasteiger partial charge in [-0.25, -0.2) is 16.8 Å². The normalized spacial score (nSPS) is 19.6. The molecular formula is C22H26ClN3O6S2. The number of nitrogens with zero attached hydrogens (tertiary/aromatic N) is 2. The predicted octanol–water partition coefficient (Wildman–Crippen LogP) is 3.07. The first-order chi connectivity index (χ1) is 16.1. The van der Waals surface area contributed by atoms with E-state index in [-0.39, 0.29) is 22.9 Å². The van der Waals surface area contributed by atoms with Gasteiger partial charge < -0.3 is 10.1 Å². The highest BCUT2D eigenvalue weighted by atomic mass is 35.5. The number of halogens is 1. The molecule has 0 radical (unpaired) electrons. The van der Waals surface area contributed by atoms with Crippen molar-refractivity contribution in [3.8, 4) is 5.75 Å². The standard InChI is InChI=1S/C22H26ClN3O6S2/c1-33(28,29)26-15-21(32-20-11-6-16(23)14-19(20)26)22(27)24-17-7-9-18(10-8-17)34(30,31)25-12-4-2-3-5-13-25/h6-11,14,21H,2-5,12-13,15H2,1H3,(H,24,27)/t21-/m0/s1. The van der Waals surface area contributed by atoms with Crippen LogP contribution in [0.25, 0.3) is 0 Å². The van der Waals surface area contributed by atoms with Crippen molar-refractivity contribution < 1.29 is 26.4 Å². The Bertz CT molecular complexity index is 1270. The van der Waals surface area contributed by atoms with Crippen LogP contribution in [0.15, 0.2) is 47.4 Å². The van der Waals surface area contributed by atoms with Gasteiger partial charge in [0.25, 0.3) is 5.91 Å². The van der Waals surface area contributed by atoms with Crippen molar-refractivity contribution in [2.75, 3.05) is 35.5 Å². The van der Waals surface area contributed by atoms with Gasteiger partial charge in [-0.1, -0.05) is 24.4 Å². The van der Waals surface area contributed by atoms with Crippen LogP contribution in [0.2, 0.25) is 5.02 Å². The summed E-state index contributed by atoms with van der Waals surface area (Å²) in [5.74, 6) is -0.336. The number of hydrogen-bond acceptors (Lipinski definition) is 6. The molecule has 4 rings (SSSR count). The molecule has 0 aliphatic carbocycles. The van der Waals surface area contributed by atoms with Gasteiger partial charge in [0.05, 0.1) is 23.4 Å². The Morgan fingerprint density at radius 2 is 1.65 bits per heavy atom. The van der Waals surface area contributed by atoms with E-state index in [0.717, 1.165) is 36.2 Å². The van der Waals surface area contributed by atoms with Crippen LogP contribution in [-0.2, 0) is 24.8 Å². The van der Waals surface area contributed by atoms with Crippen molar-refractivity contribution in [2.45, 2.75) is 36.7 Å². The minimum absolute atomic E-state index is 0.162. The number of nitrogens with one attached hydrogen (secondary N) is 1. The second kappa shape index (κ2) is 9.73. The summed E-state index contributed by atoms with van der Waals surface area (Å²) in [6.07, 6.45) is 3.66. The number of carbonyl (C=O) groups is 1. The summed E-state index contributed by atoms with van der Waals surface area (Å²) in [5.41, 5.74) is 0.637. The van der Waals surface area contributed by atoms with Crippen LogP contribution in [0, 0.1) is 0 Å². The minimum atomic E-state index is -3.69. The molecule has 2 aromatic carbocycles. The highest BCUT2D eigenvalue weighted by Gasteiger charge is 2.35. The third-order valence-corrected chi connectivity index (χ3v) is 9.10. The third-order valence-electron chi connectivity index (χ3n) is 5.81. The highest BCUT2D eigenvalue weighted by Crippen LogP contribution is 2.37. The largest absolute Gasteiger partial charge is 0.476 e. The van der Waals surface area contributed by atoms with Crippen molar-refractivity contribution >= 4 is 48.9 Å². The summed E-state index contributed by atoms with van der Waals surface area (Å²) in [7, 11) is -7.29. The van der Waals surface area contributed by atoms with Crippen molar-refractivity contribution in [3.63, 3.8) is 0 Å². The lowest BCUT2D eigenvalue weighted by Crippen LogP contribution is -2.48. The monoisotopic (exact) mass is 527 g/mol. The van der Waals surface area contributed by atoms with E-state index < -0.39 is 32.1 Å². The lowest BCUT2D eigenvalue weighted by molar-refractivity contribution is -0.122. The predicted molar refractivity (Wildman–Crippen MR) is 130 cm³/mol. The fraction of sp³-hybridized carbons (Fsp3) is 0.409. The molecule has 1 atom stereocenters. The van der Waals surface area contributed by atoms with Gasteiger partial charge in [0, 0.05) is 23.8 Å². The number of carbonyl (C=O) groups excluding carboxylic acids is 1. The summed E-state index contributed by atoms with van der Waals surface area (Å²) in [6, 6.07) is 10.5. The van der Waals surface area contributed by atoms with Gasteiger partial charge in [-0.15, -0.1) is 0 Å². The number of benzene rings is 2. The quantitative estimate of drug-likeness (QED) is 0.639. The van der Waals surface area contributed by atoms with E-state index in [9.17, 15) is 21.6 Å². The second-order valence-corrected chi connectivity index (χ2v) is 12.6. The molecule has 1 amide bonds. The highest BCUT2D eigenvalue weighted by molar-refractivity contribution is 7.92. The van der Waals surface area contributed by atoms with E-state index >= 15 is 0 Å². The number of ether oxygens (including phenoxy) is 1. The van der Waals surface area contributed by atoms with Crippen molar-refractivity contribution in [1.82, 2.24) is 4.31 Å². The van der Waals surface area contributed by atoms with E-state index in [0.29, 0.717) is 23.8 Å². The van der Waals surface area contributed by atoms with E-state index in [4.69, 9.17) is 16.3 Å². The molecule has 1 N–H and O–H groups in total. The van der Waals surface area contributed by atoms with Crippen LogP contribution in [0.5, 0.6) is 5.75 Å². The molecule has 184 valence electrons. The molecule has 1 saturated heterocycles. The van der Waals surface area contributed by atoms with E-state index in [1.54, 1.807) is 6.07 Å². The Balaban J connectivity index is 1.49. The number of amides is 1. The lowest BCUT2D eigenvalue weighted by atomic mass is 10.2. The Kier molecular flexibility index (Phi) is 7.09. The first-order valence-corrected chi connectivity index (χ1v) is 14.6. The van der Waals surface area contributed by atoms with Crippen LogP contribution in [0.1, 0.15) is 25.7 Å². The van der Waals surface area contributed by atoms with E-state index in [1.165, 1.54) is 40.7 Å². The smallest absolute Gasteiger partial charge is 0.267 e. The van der Waals surface area contributed by atoms with E-state index in [2.05, 4.69) is 5.32 Å². The van der Waals surface area contributed by atoms with Gasteiger partial charge in [0.15, 0.2) is 6.10 Å². The van der Waals surface area contributed by atoms with Crippen LogP contribution >= 0.6 is 11.6 Å². The summed E-state index contributed by atoms with van der Waals surface area (Å²) < 4.78 is 58.8. The van der Waals surface area contributed by atoms with Gasteiger partial charge in [-0.2, -0.15) is 4.31 Å². The molecule has 12 heteroatoms. The number of fused-ring (bicyclic) bond motifs is 1. The summed E-state index contributed by atoms with van der Waals surface area (Å²) in [5, 5.41) is 3.02. The summed E-state index contributed by atoms with van der Waals surface area (Å²) in [6.45, 7) is 0.784. The molecule has 0 bridgehead atoms. The maximum absolute atomic E-state index is 12.9. The summed E-state index contributed by atoms with van der Waals surface area (Å²) >= 11 is 6.00. The zero-order valence-corrected chi connectivity index (χ0v) is 21.0. The zero-order chi connectivity index (χ0) is 24.5. The molecule has 0 saturated carbocycles. The van der Waals surface area contributed by atoms with Crippen LogP contribution < -0.4 is 14.4 Å². The molecule has 0 aromatic heterocycles. The Hall–Kier alpha value is -2.34.